The Kier molecular flexibility index (Phi) is 5.72. The number of sulfonamides is 1. The zero-order valence-electron chi connectivity index (χ0n) is 15.4. The van der Waals surface area contributed by atoms with Crippen LogP contribution in [0.3, 0.4) is 0 Å². The van der Waals surface area contributed by atoms with Crippen molar-refractivity contribution in [3.05, 3.63) is 88.4 Å². The highest BCUT2D eigenvalue weighted by Gasteiger charge is 2.17. The fourth-order valence-corrected chi connectivity index (χ4v) is 3.87. The second kappa shape index (κ2) is 8.04. The molecule has 0 aliphatic heterocycles. The number of nitrogens with one attached hydrogen (secondary N) is 2. The van der Waals surface area contributed by atoms with Crippen LogP contribution in [-0.2, 0) is 10.0 Å². The summed E-state index contributed by atoms with van der Waals surface area (Å²) in [7, 11) is -3.77. The average molecular weight is 415 g/mol. The van der Waals surface area contributed by atoms with Crippen LogP contribution in [-0.4, -0.2) is 14.3 Å². The van der Waals surface area contributed by atoms with Crippen molar-refractivity contribution in [3.8, 4) is 0 Å². The molecule has 0 atom stereocenters. The molecule has 3 rings (SSSR count). The molecule has 0 bridgehead atoms. The Morgan fingerprint density at radius 2 is 1.57 bits per heavy atom. The highest BCUT2D eigenvalue weighted by Crippen LogP contribution is 2.24. The number of hydrogen-bond donors (Lipinski definition) is 2. The van der Waals surface area contributed by atoms with Gasteiger partial charge in [0.1, 0.15) is 0 Å². The van der Waals surface area contributed by atoms with E-state index < -0.39 is 15.9 Å². The third-order valence-electron chi connectivity index (χ3n) is 4.07. The summed E-state index contributed by atoms with van der Waals surface area (Å²) in [4.78, 5) is 12.7. The van der Waals surface area contributed by atoms with E-state index in [1.54, 1.807) is 18.2 Å². The second-order valence-corrected chi connectivity index (χ2v) is 8.53. The van der Waals surface area contributed by atoms with Gasteiger partial charge in [-0.1, -0.05) is 41.4 Å². The van der Waals surface area contributed by atoms with Crippen LogP contribution in [0, 0.1) is 13.8 Å². The summed E-state index contributed by atoms with van der Waals surface area (Å²) in [5.74, 6) is -0.424. The minimum atomic E-state index is -3.77. The molecule has 0 aliphatic carbocycles. The first-order valence-electron chi connectivity index (χ1n) is 8.52. The summed E-state index contributed by atoms with van der Waals surface area (Å²) in [5.41, 5.74) is 3.02. The number of rotatable bonds is 5. The molecule has 0 aliphatic rings. The Bertz CT molecular complexity index is 1130. The minimum Gasteiger partial charge on any atom is -0.322 e. The molecule has 2 N–H and O–H groups in total. The highest BCUT2D eigenvalue weighted by molar-refractivity contribution is 7.92. The smallest absolute Gasteiger partial charge is 0.261 e. The van der Waals surface area contributed by atoms with Crippen LogP contribution in [0.1, 0.15) is 21.5 Å². The van der Waals surface area contributed by atoms with Gasteiger partial charge in [0.05, 0.1) is 15.5 Å². The summed E-state index contributed by atoms with van der Waals surface area (Å²) in [6.07, 6.45) is 0. The summed E-state index contributed by atoms with van der Waals surface area (Å²) in [6.45, 7) is 3.80. The predicted molar refractivity (Wildman–Crippen MR) is 113 cm³/mol. The highest BCUT2D eigenvalue weighted by atomic mass is 35.5. The van der Waals surface area contributed by atoms with Crippen LogP contribution in [0.2, 0.25) is 5.02 Å². The van der Waals surface area contributed by atoms with Crippen LogP contribution in [0.25, 0.3) is 0 Å². The maximum atomic E-state index is 12.6. The van der Waals surface area contributed by atoms with Gasteiger partial charge in [-0.15, -0.1) is 0 Å². The lowest BCUT2D eigenvalue weighted by atomic mass is 10.1. The molecule has 3 aromatic carbocycles. The lowest BCUT2D eigenvalue weighted by molar-refractivity contribution is 0.102. The predicted octanol–water partition coefficient (Wildman–Crippen LogP) is 5.01. The average Bonchev–Trinajstić information content (AvgIpc) is 2.63. The van der Waals surface area contributed by atoms with Crippen molar-refractivity contribution >= 4 is 38.9 Å². The van der Waals surface area contributed by atoms with Crippen LogP contribution >= 0.6 is 11.6 Å². The minimum absolute atomic E-state index is 0.138. The Morgan fingerprint density at radius 3 is 2.25 bits per heavy atom. The third kappa shape index (κ3) is 4.71. The van der Waals surface area contributed by atoms with Crippen molar-refractivity contribution in [1.82, 2.24) is 0 Å². The fraction of sp³-hybridized carbons (Fsp3) is 0.0952. The zero-order valence-corrected chi connectivity index (χ0v) is 16.9. The molecule has 0 heterocycles. The van der Waals surface area contributed by atoms with Gasteiger partial charge in [0.25, 0.3) is 15.9 Å². The van der Waals surface area contributed by atoms with E-state index >= 15 is 0 Å². The first-order chi connectivity index (χ1) is 13.2. The molecule has 0 spiro atoms. The molecule has 1 amide bonds. The van der Waals surface area contributed by atoms with Crippen molar-refractivity contribution in [2.75, 3.05) is 10.0 Å². The van der Waals surface area contributed by atoms with E-state index in [2.05, 4.69) is 10.0 Å². The quantitative estimate of drug-likeness (QED) is 0.616. The molecular weight excluding hydrogens is 396 g/mol. The molecule has 0 saturated heterocycles. The SMILES string of the molecule is Cc1ccc(S(=O)(=O)Nc2ccc(Cl)c(C(=O)Nc3cccc(C)c3)c2)cc1. The summed E-state index contributed by atoms with van der Waals surface area (Å²) in [6, 6.07) is 18.3. The van der Waals surface area contributed by atoms with Gasteiger partial charge in [0.15, 0.2) is 0 Å². The standard InChI is InChI=1S/C21H19ClN2O3S/c1-14-6-9-18(10-7-14)28(26,27)24-17-8-11-20(22)19(13-17)21(25)23-16-5-3-4-15(2)12-16/h3-13,24H,1-2H3,(H,23,25). The Balaban J connectivity index is 1.84. The largest absolute Gasteiger partial charge is 0.322 e. The van der Waals surface area contributed by atoms with Crippen LogP contribution in [0.15, 0.2) is 71.6 Å². The van der Waals surface area contributed by atoms with Gasteiger partial charge in [0, 0.05) is 11.4 Å². The van der Waals surface area contributed by atoms with E-state index in [9.17, 15) is 13.2 Å². The van der Waals surface area contributed by atoms with Crippen molar-refractivity contribution in [2.24, 2.45) is 0 Å². The molecule has 0 unspecified atom stereocenters. The molecule has 0 saturated carbocycles. The molecule has 0 fully saturated rings. The normalized spacial score (nSPS) is 11.1. The maximum absolute atomic E-state index is 12.6. The fourth-order valence-electron chi connectivity index (χ4n) is 2.62. The van der Waals surface area contributed by atoms with Gasteiger partial charge in [0.2, 0.25) is 0 Å². The molecule has 0 aromatic heterocycles. The lowest BCUT2D eigenvalue weighted by Gasteiger charge is -2.12. The first-order valence-corrected chi connectivity index (χ1v) is 10.4. The summed E-state index contributed by atoms with van der Waals surface area (Å²) < 4.78 is 27.6. The summed E-state index contributed by atoms with van der Waals surface area (Å²) >= 11 is 6.16. The summed E-state index contributed by atoms with van der Waals surface area (Å²) in [5, 5.41) is 2.99. The van der Waals surface area contributed by atoms with Gasteiger partial charge in [-0.25, -0.2) is 8.42 Å². The van der Waals surface area contributed by atoms with Gasteiger partial charge in [-0.2, -0.15) is 0 Å². The number of anilines is 2. The maximum Gasteiger partial charge on any atom is 0.261 e. The molecular formula is C21H19ClN2O3S. The molecule has 3 aromatic rings. The molecule has 0 radical (unpaired) electrons. The number of carbonyl (C=O) groups is 1. The second-order valence-electron chi connectivity index (χ2n) is 6.44. The third-order valence-corrected chi connectivity index (χ3v) is 5.80. The van der Waals surface area contributed by atoms with Gasteiger partial charge in [-0.3, -0.25) is 9.52 Å². The number of aryl methyl sites for hydroxylation is 2. The molecule has 7 heteroatoms. The van der Waals surface area contributed by atoms with Crippen molar-refractivity contribution in [2.45, 2.75) is 18.7 Å². The Hall–Kier alpha value is -2.83. The van der Waals surface area contributed by atoms with Crippen molar-refractivity contribution in [1.29, 1.82) is 0 Å². The topological polar surface area (TPSA) is 75.3 Å². The van der Waals surface area contributed by atoms with Crippen LogP contribution in [0.5, 0.6) is 0 Å². The van der Waals surface area contributed by atoms with Crippen molar-refractivity contribution < 1.29 is 13.2 Å². The monoisotopic (exact) mass is 414 g/mol. The van der Waals surface area contributed by atoms with Crippen LogP contribution in [0.4, 0.5) is 11.4 Å². The number of amides is 1. The van der Waals surface area contributed by atoms with E-state index in [-0.39, 0.29) is 21.2 Å². The molecule has 144 valence electrons. The number of carbonyl (C=O) groups excluding carboxylic acids is 1. The zero-order chi connectivity index (χ0) is 20.3. The Morgan fingerprint density at radius 1 is 0.857 bits per heavy atom. The van der Waals surface area contributed by atoms with Gasteiger partial charge < -0.3 is 5.32 Å². The van der Waals surface area contributed by atoms with E-state index in [0.29, 0.717) is 5.69 Å². The number of halogens is 1. The molecule has 28 heavy (non-hydrogen) atoms. The number of benzene rings is 3. The first kappa shape index (κ1) is 19.9. The lowest BCUT2D eigenvalue weighted by Crippen LogP contribution is -2.15. The molecule has 5 nitrogen and oxygen atoms in total. The van der Waals surface area contributed by atoms with E-state index in [1.807, 2.05) is 32.0 Å². The van der Waals surface area contributed by atoms with E-state index in [4.69, 9.17) is 11.6 Å². The van der Waals surface area contributed by atoms with Gasteiger partial charge >= 0.3 is 0 Å². The van der Waals surface area contributed by atoms with E-state index in [1.165, 1.54) is 30.3 Å². The Labute approximate surface area is 169 Å². The number of hydrogen-bond acceptors (Lipinski definition) is 3. The van der Waals surface area contributed by atoms with E-state index in [0.717, 1.165) is 11.1 Å². The van der Waals surface area contributed by atoms with Crippen LogP contribution < -0.4 is 10.0 Å². The van der Waals surface area contributed by atoms with Crippen molar-refractivity contribution in [3.63, 3.8) is 0 Å². The van der Waals surface area contributed by atoms with Gasteiger partial charge in [-0.05, 0) is 61.9 Å².